The van der Waals surface area contributed by atoms with Crippen molar-refractivity contribution in [1.29, 1.82) is 0 Å². The number of hydrogen-bond acceptors (Lipinski definition) is 3. The highest BCUT2D eigenvalue weighted by Gasteiger charge is 2.36. The van der Waals surface area contributed by atoms with Crippen molar-refractivity contribution in [3.05, 3.63) is 69.7 Å². The molecule has 0 aliphatic carbocycles. The predicted octanol–water partition coefficient (Wildman–Crippen LogP) is 3.42. The van der Waals surface area contributed by atoms with Gasteiger partial charge >= 0.3 is 6.03 Å². The molecule has 6 heteroatoms. The minimum atomic E-state index is -0.755. The molecule has 1 fully saturated rings. The first-order valence-corrected chi connectivity index (χ1v) is 7.99. The van der Waals surface area contributed by atoms with Crippen LogP contribution in [0.2, 0.25) is 0 Å². The summed E-state index contributed by atoms with van der Waals surface area (Å²) in [4.78, 5) is 37.9. The molecule has 1 N–H and O–H groups in total. The summed E-state index contributed by atoms with van der Waals surface area (Å²) in [5, 5.41) is 2.21. The Labute approximate surface area is 147 Å². The van der Waals surface area contributed by atoms with Crippen LogP contribution in [0.15, 0.2) is 58.6 Å². The number of carbonyl (C=O) groups excluding carboxylic acids is 3. The SMILES string of the molecule is Cc1ccccc1/C=C1/C(=O)NC(=O)N(c2ccc(Br)cc2)C1=O. The maximum atomic E-state index is 12.7. The molecule has 0 atom stereocenters. The maximum Gasteiger partial charge on any atom is 0.335 e. The Kier molecular flexibility index (Phi) is 4.31. The van der Waals surface area contributed by atoms with Gasteiger partial charge in [0.05, 0.1) is 5.69 Å². The van der Waals surface area contributed by atoms with Gasteiger partial charge in [-0.15, -0.1) is 0 Å². The van der Waals surface area contributed by atoms with E-state index in [-0.39, 0.29) is 5.57 Å². The van der Waals surface area contributed by atoms with Gasteiger partial charge in [0.15, 0.2) is 0 Å². The number of hydrogen-bond donors (Lipinski definition) is 1. The molecule has 0 spiro atoms. The molecule has 2 aromatic rings. The molecule has 0 bridgehead atoms. The minimum absolute atomic E-state index is 0.0770. The van der Waals surface area contributed by atoms with E-state index in [0.29, 0.717) is 5.69 Å². The summed E-state index contributed by atoms with van der Waals surface area (Å²) < 4.78 is 0.822. The highest BCUT2D eigenvalue weighted by molar-refractivity contribution is 9.10. The molecule has 0 aromatic heterocycles. The number of nitrogens with one attached hydrogen (secondary N) is 1. The van der Waals surface area contributed by atoms with Crippen molar-refractivity contribution in [2.45, 2.75) is 6.92 Å². The fourth-order valence-corrected chi connectivity index (χ4v) is 2.65. The Morgan fingerprint density at radius 1 is 1.00 bits per heavy atom. The van der Waals surface area contributed by atoms with E-state index >= 15 is 0 Å². The fourth-order valence-electron chi connectivity index (χ4n) is 2.39. The van der Waals surface area contributed by atoms with Gasteiger partial charge in [-0.05, 0) is 48.4 Å². The number of carbonyl (C=O) groups is 3. The van der Waals surface area contributed by atoms with Gasteiger partial charge in [0.1, 0.15) is 5.57 Å². The lowest BCUT2D eigenvalue weighted by Crippen LogP contribution is -2.54. The lowest BCUT2D eigenvalue weighted by molar-refractivity contribution is -0.122. The first-order valence-electron chi connectivity index (χ1n) is 7.20. The van der Waals surface area contributed by atoms with Gasteiger partial charge < -0.3 is 0 Å². The largest absolute Gasteiger partial charge is 0.335 e. The van der Waals surface area contributed by atoms with Crippen LogP contribution in [0.5, 0.6) is 0 Å². The van der Waals surface area contributed by atoms with Crippen LogP contribution in [-0.4, -0.2) is 17.8 Å². The molecular weight excluding hydrogens is 372 g/mol. The van der Waals surface area contributed by atoms with Crippen molar-refractivity contribution in [2.24, 2.45) is 0 Å². The number of rotatable bonds is 2. The number of amides is 4. The van der Waals surface area contributed by atoms with Crippen molar-refractivity contribution in [1.82, 2.24) is 5.32 Å². The smallest absolute Gasteiger partial charge is 0.273 e. The van der Waals surface area contributed by atoms with Crippen LogP contribution in [0, 0.1) is 6.92 Å². The molecule has 0 saturated carbocycles. The van der Waals surface area contributed by atoms with Crippen LogP contribution in [0.1, 0.15) is 11.1 Å². The normalized spacial score (nSPS) is 16.5. The number of anilines is 1. The van der Waals surface area contributed by atoms with E-state index in [1.54, 1.807) is 24.3 Å². The Morgan fingerprint density at radius 2 is 1.67 bits per heavy atom. The van der Waals surface area contributed by atoms with Gasteiger partial charge in [-0.1, -0.05) is 40.2 Å². The molecule has 4 amide bonds. The number of nitrogens with zero attached hydrogens (tertiary/aromatic N) is 1. The summed E-state index contributed by atoms with van der Waals surface area (Å²) in [7, 11) is 0. The molecule has 1 aliphatic rings. The van der Waals surface area contributed by atoms with E-state index in [0.717, 1.165) is 20.5 Å². The van der Waals surface area contributed by atoms with Crippen molar-refractivity contribution in [3.8, 4) is 0 Å². The molecule has 1 aliphatic heterocycles. The maximum absolute atomic E-state index is 12.7. The average Bonchev–Trinajstić information content (AvgIpc) is 2.54. The third-order valence-electron chi connectivity index (χ3n) is 3.67. The second kappa shape index (κ2) is 6.41. The quantitative estimate of drug-likeness (QED) is 0.637. The van der Waals surface area contributed by atoms with E-state index < -0.39 is 17.8 Å². The number of benzene rings is 2. The molecule has 1 heterocycles. The molecule has 24 heavy (non-hydrogen) atoms. The molecule has 3 rings (SSSR count). The minimum Gasteiger partial charge on any atom is -0.273 e. The third-order valence-corrected chi connectivity index (χ3v) is 4.20. The van der Waals surface area contributed by atoms with Gasteiger partial charge in [-0.3, -0.25) is 14.9 Å². The van der Waals surface area contributed by atoms with Crippen LogP contribution < -0.4 is 10.2 Å². The summed E-state index contributed by atoms with van der Waals surface area (Å²) in [5.41, 5.74) is 1.99. The van der Waals surface area contributed by atoms with Crippen molar-refractivity contribution < 1.29 is 14.4 Å². The number of urea groups is 1. The molecular formula is C18H13BrN2O3. The lowest BCUT2D eigenvalue weighted by atomic mass is 10.0. The molecule has 2 aromatic carbocycles. The van der Waals surface area contributed by atoms with Gasteiger partial charge in [0, 0.05) is 4.47 Å². The first-order chi connectivity index (χ1) is 11.5. The molecule has 0 unspecified atom stereocenters. The third kappa shape index (κ3) is 3.00. The monoisotopic (exact) mass is 384 g/mol. The lowest BCUT2D eigenvalue weighted by Gasteiger charge is -2.26. The Balaban J connectivity index is 2.03. The van der Waals surface area contributed by atoms with E-state index in [4.69, 9.17) is 0 Å². The number of imide groups is 2. The molecule has 0 radical (unpaired) electrons. The fraction of sp³-hybridized carbons (Fsp3) is 0.0556. The zero-order valence-corrected chi connectivity index (χ0v) is 14.3. The summed E-state index contributed by atoms with van der Waals surface area (Å²) in [6, 6.07) is 13.3. The molecule has 5 nitrogen and oxygen atoms in total. The van der Waals surface area contributed by atoms with Gasteiger partial charge in [-0.2, -0.15) is 0 Å². The van der Waals surface area contributed by atoms with E-state index in [1.165, 1.54) is 6.08 Å². The standard InChI is InChI=1S/C18H13BrN2O3/c1-11-4-2-3-5-12(11)10-15-16(22)20-18(24)21(17(15)23)14-8-6-13(19)7-9-14/h2-10H,1H3,(H,20,22,24)/b15-10-. The van der Waals surface area contributed by atoms with Crippen LogP contribution >= 0.6 is 15.9 Å². The zero-order valence-electron chi connectivity index (χ0n) is 12.7. The summed E-state index contributed by atoms with van der Waals surface area (Å²) >= 11 is 3.30. The van der Waals surface area contributed by atoms with Crippen LogP contribution in [0.25, 0.3) is 6.08 Å². The Hall–Kier alpha value is -2.73. The van der Waals surface area contributed by atoms with Crippen molar-refractivity contribution >= 4 is 45.5 Å². The zero-order chi connectivity index (χ0) is 17.3. The summed E-state index contributed by atoms with van der Waals surface area (Å²) in [6.07, 6.45) is 1.51. The van der Waals surface area contributed by atoms with Crippen LogP contribution in [0.3, 0.4) is 0 Å². The molecule has 120 valence electrons. The second-order valence-corrected chi connectivity index (χ2v) is 6.21. The van der Waals surface area contributed by atoms with E-state index in [9.17, 15) is 14.4 Å². The highest BCUT2D eigenvalue weighted by atomic mass is 79.9. The van der Waals surface area contributed by atoms with Crippen molar-refractivity contribution in [3.63, 3.8) is 0 Å². The predicted molar refractivity (Wildman–Crippen MR) is 94.3 cm³/mol. The molecule has 1 saturated heterocycles. The van der Waals surface area contributed by atoms with Crippen molar-refractivity contribution in [2.75, 3.05) is 4.90 Å². The van der Waals surface area contributed by atoms with Gasteiger partial charge in [-0.25, -0.2) is 9.69 Å². The second-order valence-electron chi connectivity index (χ2n) is 5.29. The van der Waals surface area contributed by atoms with E-state index in [1.807, 2.05) is 31.2 Å². The van der Waals surface area contributed by atoms with Gasteiger partial charge in [0.2, 0.25) is 0 Å². The van der Waals surface area contributed by atoms with Gasteiger partial charge in [0.25, 0.3) is 11.8 Å². The van der Waals surface area contributed by atoms with Crippen LogP contribution in [-0.2, 0) is 9.59 Å². The summed E-state index contributed by atoms with van der Waals surface area (Å²) in [5.74, 6) is -1.34. The summed E-state index contributed by atoms with van der Waals surface area (Å²) in [6.45, 7) is 1.88. The first kappa shape index (κ1) is 16.1. The number of halogens is 1. The Bertz CT molecular complexity index is 872. The highest BCUT2D eigenvalue weighted by Crippen LogP contribution is 2.24. The topological polar surface area (TPSA) is 66.5 Å². The Morgan fingerprint density at radius 3 is 2.33 bits per heavy atom. The van der Waals surface area contributed by atoms with E-state index in [2.05, 4.69) is 21.2 Å². The average molecular weight is 385 g/mol. The number of barbiturate groups is 1. The number of aryl methyl sites for hydroxylation is 1. The van der Waals surface area contributed by atoms with Crippen LogP contribution in [0.4, 0.5) is 10.5 Å².